The van der Waals surface area contributed by atoms with Gasteiger partial charge in [0.2, 0.25) is 5.91 Å². The molecular formula is C22H23N3O2S. The monoisotopic (exact) mass is 393 g/mol. The van der Waals surface area contributed by atoms with E-state index in [0.29, 0.717) is 0 Å². The van der Waals surface area contributed by atoms with Crippen LogP contribution in [0.5, 0.6) is 0 Å². The summed E-state index contributed by atoms with van der Waals surface area (Å²) >= 11 is 1.65. The van der Waals surface area contributed by atoms with Crippen molar-refractivity contribution in [1.82, 2.24) is 9.55 Å². The number of carbonyl (C=O) groups is 1. The van der Waals surface area contributed by atoms with Crippen molar-refractivity contribution in [2.24, 2.45) is 0 Å². The second-order valence-corrected chi connectivity index (χ2v) is 8.95. The molecular weight excluding hydrogens is 370 g/mol. The molecule has 2 aromatic heterocycles. The van der Waals surface area contributed by atoms with E-state index in [-0.39, 0.29) is 24.1 Å². The molecule has 28 heavy (non-hydrogen) atoms. The van der Waals surface area contributed by atoms with Crippen LogP contribution in [-0.2, 0) is 30.6 Å². The average molecular weight is 394 g/mol. The lowest BCUT2D eigenvalue weighted by atomic mass is 10.1. The van der Waals surface area contributed by atoms with Crippen molar-refractivity contribution in [3.05, 3.63) is 57.0 Å². The van der Waals surface area contributed by atoms with E-state index in [1.165, 1.54) is 33.4 Å². The highest BCUT2D eigenvalue weighted by molar-refractivity contribution is 7.18. The minimum atomic E-state index is -0.0714. The number of aromatic nitrogens is 2. The summed E-state index contributed by atoms with van der Waals surface area (Å²) in [6.45, 7) is 2.09. The van der Waals surface area contributed by atoms with E-state index in [1.807, 2.05) is 23.1 Å². The van der Waals surface area contributed by atoms with Gasteiger partial charge in [-0.05, 0) is 56.2 Å². The van der Waals surface area contributed by atoms with E-state index in [1.54, 1.807) is 17.7 Å². The smallest absolute Gasteiger partial charge is 0.262 e. The van der Waals surface area contributed by atoms with Gasteiger partial charge in [-0.25, -0.2) is 4.98 Å². The molecule has 0 unspecified atom stereocenters. The molecule has 6 heteroatoms. The van der Waals surface area contributed by atoms with Gasteiger partial charge in [-0.3, -0.25) is 14.2 Å². The maximum atomic E-state index is 13.2. The molecule has 1 aliphatic carbocycles. The SMILES string of the molecule is C[C@H]1Cc2ccccc2N1C(=O)Cn1cnc2sc3c(c2c1=O)CCCCC3. The molecule has 3 aromatic rings. The first-order valence-electron chi connectivity index (χ1n) is 10.0. The number of hydrogen-bond donors (Lipinski definition) is 0. The van der Waals surface area contributed by atoms with E-state index < -0.39 is 0 Å². The predicted molar refractivity (Wildman–Crippen MR) is 112 cm³/mol. The second-order valence-electron chi connectivity index (χ2n) is 7.87. The maximum Gasteiger partial charge on any atom is 0.262 e. The van der Waals surface area contributed by atoms with E-state index >= 15 is 0 Å². The first-order valence-corrected chi connectivity index (χ1v) is 10.8. The molecule has 0 saturated carbocycles. The summed E-state index contributed by atoms with van der Waals surface area (Å²) in [5.41, 5.74) is 3.26. The van der Waals surface area contributed by atoms with Gasteiger partial charge in [0.1, 0.15) is 11.4 Å². The Morgan fingerprint density at radius 3 is 2.93 bits per heavy atom. The number of fused-ring (bicyclic) bond motifs is 4. The molecule has 1 aliphatic heterocycles. The second kappa shape index (κ2) is 6.85. The Hall–Kier alpha value is -2.47. The number of nitrogens with zero attached hydrogens (tertiary/aromatic N) is 3. The zero-order valence-corrected chi connectivity index (χ0v) is 16.8. The molecule has 3 heterocycles. The number of hydrogen-bond acceptors (Lipinski definition) is 4. The number of anilines is 1. The third-order valence-corrected chi connectivity index (χ3v) is 7.17. The molecule has 5 nitrogen and oxygen atoms in total. The van der Waals surface area contributed by atoms with Crippen LogP contribution in [0.2, 0.25) is 0 Å². The van der Waals surface area contributed by atoms with Crippen LogP contribution in [-0.4, -0.2) is 21.5 Å². The largest absolute Gasteiger partial charge is 0.307 e. The minimum absolute atomic E-state index is 0.0328. The van der Waals surface area contributed by atoms with E-state index in [9.17, 15) is 9.59 Å². The van der Waals surface area contributed by atoms with Crippen LogP contribution >= 0.6 is 11.3 Å². The zero-order chi connectivity index (χ0) is 19.3. The Morgan fingerprint density at radius 1 is 1.21 bits per heavy atom. The quantitative estimate of drug-likeness (QED) is 0.624. The maximum absolute atomic E-state index is 13.2. The minimum Gasteiger partial charge on any atom is -0.307 e. The standard InChI is InChI=1S/C22H23N3O2S/c1-14-11-15-7-5-6-9-17(15)25(14)19(26)12-24-13-23-21-20(22(24)27)16-8-3-2-4-10-18(16)28-21/h5-7,9,13-14H,2-4,8,10-12H2,1H3/t14-/m0/s1. The summed E-state index contributed by atoms with van der Waals surface area (Å²) in [6, 6.07) is 8.12. The van der Waals surface area contributed by atoms with Crippen molar-refractivity contribution in [3.8, 4) is 0 Å². The Kier molecular flexibility index (Phi) is 4.31. The fraction of sp³-hybridized carbons (Fsp3) is 0.409. The molecule has 0 saturated heterocycles. The van der Waals surface area contributed by atoms with Gasteiger partial charge in [0.05, 0.1) is 11.7 Å². The first kappa shape index (κ1) is 17.6. The van der Waals surface area contributed by atoms with Crippen LogP contribution in [0.3, 0.4) is 0 Å². The van der Waals surface area contributed by atoms with Gasteiger partial charge < -0.3 is 4.90 Å². The van der Waals surface area contributed by atoms with Gasteiger partial charge in [-0.2, -0.15) is 0 Å². The van der Waals surface area contributed by atoms with Crippen LogP contribution < -0.4 is 10.5 Å². The summed E-state index contributed by atoms with van der Waals surface area (Å²) in [7, 11) is 0. The van der Waals surface area contributed by atoms with Crippen LogP contribution in [0.4, 0.5) is 5.69 Å². The molecule has 1 aromatic carbocycles. The van der Waals surface area contributed by atoms with Crippen molar-refractivity contribution in [1.29, 1.82) is 0 Å². The predicted octanol–water partition coefficient (Wildman–Crippen LogP) is 3.70. The number of amides is 1. The molecule has 0 radical (unpaired) electrons. The number of para-hydroxylation sites is 1. The first-order chi connectivity index (χ1) is 13.6. The normalized spacial score (nSPS) is 18.8. The number of rotatable bonds is 2. The van der Waals surface area contributed by atoms with Gasteiger partial charge >= 0.3 is 0 Å². The van der Waals surface area contributed by atoms with Crippen LogP contribution in [0.15, 0.2) is 35.4 Å². The number of benzene rings is 1. The van der Waals surface area contributed by atoms with Crippen LogP contribution in [0, 0.1) is 0 Å². The molecule has 144 valence electrons. The number of aryl methyl sites for hydroxylation is 2. The van der Waals surface area contributed by atoms with Gasteiger partial charge in [-0.15, -0.1) is 11.3 Å². The lowest BCUT2D eigenvalue weighted by Crippen LogP contribution is -2.40. The van der Waals surface area contributed by atoms with Crippen molar-refractivity contribution in [2.45, 2.75) is 58.0 Å². The highest BCUT2D eigenvalue weighted by Crippen LogP contribution is 2.33. The van der Waals surface area contributed by atoms with Crippen molar-refractivity contribution >= 4 is 33.1 Å². The lowest BCUT2D eigenvalue weighted by molar-refractivity contribution is -0.119. The molecule has 1 atom stereocenters. The molecule has 5 rings (SSSR count). The Morgan fingerprint density at radius 2 is 2.04 bits per heavy atom. The molecule has 0 spiro atoms. The highest BCUT2D eigenvalue weighted by atomic mass is 32.1. The molecule has 0 bridgehead atoms. The number of carbonyl (C=O) groups excluding carboxylic acids is 1. The fourth-order valence-electron chi connectivity index (χ4n) is 4.64. The zero-order valence-electron chi connectivity index (χ0n) is 16.0. The third kappa shape index (κ3) is 2.78. The van der Waals surface area contributed by atoms with E-state index in [0.717, 1.165) is 41.6 Å². The van der Waals surface area contributed by atoms with Crippen molar-refractivity contribution in [3.63, 3.8) is 0 Å². The highest BCUT2D eigenvalue weighted by Gasteiger charge is 2.31. The average Bonchev–Trinajstić information content (AvgIpc) is 3.12. The van der Waals surface area contributed by atoms with Gasteiger partial charge in [0.15, 0.2) is 0 Å². The van der Waals surface area contributed by atoms with Gasteiger partial charge in [-0.1, -0.05) is 24.6 Å². The van der Waals surface area contributed by atoms with Crippen molar-refractivity contribution < 1.29 is 4.79 Å². The van der Waals surface area contributed by atoms with Crippen LogP contribution in [0.1, 0.15) is 42.2 Å². The van der Waals surface area contributed by atoms with Gasteiger partial charge in [0.25, 0.3) is 5.56 Å². The van der Waals surface area contributed by atoms with Crippen LogP contribution in [0.25, 0.3) is 10.2 Å². The molecule has 0 N–H and O–H groups in total. The third-order valence-electron chi connectivity index (χ3n) is 5.97. The Labute approximate surface area is 167 Å². The lowest BCUT2D eigenvalue weighted by Gasteiger charge is -2.23. The summed E-state index contributed by atoms with van der Waals surface area (Å²) < 4.78 is 1.50. The summed E-state index contributed by atoms with van der Waals surface area (Å²) in [6.07, 6.45) is 7.89. The number of thiophene rings is 1. The fourth-order valence-corrected chi connectivity index (χ4v) is 5.86. The van der Waals surface area contributed by atoms with E-state index in [4.69, 9.17) is 0 Å². The Balaban J connectivity index is 1.50. The topological polar surface area (TPSA) is 55.2 Å². The van der Waals surface area contributed by atoms with E-state index in [2.05, 4.69) is 18.0 Å². The molecule has 2 aliphatic rings. The summed E-state index contributed by atoms with van der Waals surface area (Å²) in [5.74, 6) is -0.0537. The molecule has 0 fully saturated rings. The summed E-state index contributed by atoms with van der Waals surface area (Å²) in [5, 5.41) is 0.743. The summed E-state index contributed by atoms with van der Waals surface area (Å²) in [4.78, 5) is 34.8. The van der Waals surface area contributed by atoms with Gasteiger partial charge in [0, 0.05) is 16.6 Å². The Bertz CT molecular complexity index is 1130. The molecule has 1 amide bonds. The van der Waals surface area contributed by atoms with Crippen molar-refractivity contribution in [2.75, 3.05) is 4.90 Å².